The van der Waals surface area contributed by atoms with Gasteiger partial charge in [0.15, 0.2) is 0 Å². The molecule has 212 valence electrons. The molecule has 0 spiro atoms. The van der Waals surface area contributed by atoms with Crippen molar-refractivity contribution in [3.05, 3.63) is 64.7 Å². The minimum atomic E-state index is -4.00. The highest BCUT2D eigenvalue weighted by molar-refractivity contribution is 7.89. The van der Waals surface area contributed by atoms with Crippen LogP contribution in [0.1, 0.15) is 34.7 Å². The summed E-state index contributed by atoms with van der Waals surface area (Å²) < 4.78 is 32.8. The van der Waals surface area contributed by atoms with Crippen LogP contribution in [0.4, 0.5) is 0 Å². The number of likely N-dealkylation sites (N-methyl/N-ethyl adjacent to an activating group) is 3. The van der Waals surface area contributed by atoms with Gasteiger partial charge in [-0.25, -0.2) is 8.42 Å². The Morgan fingerprint density at radius 3 is 2.49 bits per heavy atom. The molecule has 0 saturated carbocycles. The van der Waals surface area contributed by atoms with Crippen LogP contribution >= 0.6 is 0 Å². The number of carbonyl (C=O) groups is 2. The number of rotatable bonds is 11. The summed E-state index contributed by atoms with van der Waals surface area (Å²) in [4.78, 5) is 29.6. The zero-order valence-electron chi connectivity index (χ0n) is 23.6. The lowest BCUT2D eigenvalue weighted by molar-refractivity contribution is -0.133. The Bertz CT molecular complexity index is 1330. The lowest BCUT2D eigenvalue weighted by Gasteiger charge is -2.23. The van der Waals surface area contributed by atoms with Crippen LogP contribution < -0.4 is 10.1 Å². The third kappa shape index (κ3) is 7.46. The zero-order valence-corrected chi connectivity index (χ0v) is 24.4. The number of ether oxygens (including phenoxy) is 1. The Balaban J connectivity index is 1.60. The molecule has 0 unspecified atom stereocenters. The van der Waals surface area contributed by atoms with Crippen molar-refractivity contribution in [1.29, 1.82) is 0 Å². The Morgan fingerprint density at radius 2 is 1.85 bits per heavy atom. The van der Waals surface area contributed by atoms with E-state index in [1.807, 2.05) is 6.92 Å². The first-order chi connectivity index (χ1) is 18.5. The van der Waals surface area contributed by atoms with Crippen LogP contribution in [0.2, 0.25) is 0 Å². The molecule has 0 aromatic heterocycles. The Kier molecular flexibility index (Phi) is 10.3. The standard InChI is InChI=1S/C29H40N4O5S/c1-7-23-17-26(38-6)15-21(3)29(23)39(36,37)32(5)20-27(34)30-18-28(35)33(8-2)19-22-9-10-24-11-13-31(4)14-12-25(24)16-22/h7,9-10,15-17H,1,8,11-14,18-20H2,2-6H3,(H,30,34). The Labute approximate surface area is 232 Å². The molecule has 10 heteroatoms. The number of sulfonamides is 1. The van der Waals surface area contributed by atoms with Gasteiger partial charge in [0.2, 0.25) is 21.8 Å². The summed E-state index contributed by atoms with van der Waals surface area (Å²) in [5.74, 6) is -0.281. The summed E-state index contributed by atoms with van der Waals surface area (Å²) in [5.41, 5.74) is 4.60. The van der Waals surface area contributed by atoms with Gasteiger partial charge in [0.25, 0.3) is 0 Å². The van der Waals surface area contributed by atoms with Gasteiger partial charge < -0.3 is 19.9 Å². The number of hydrogen-bond acceptors (Lipinski definition) is 6. The summed E-state index contributed by atoms with van der Waals surface area (Å²) in [6.07, 6.45) is 3.44. The van der Waals surface area contributed by atoms with E-state index < -0.39 is 22.5 Å². The smallest absolute Gasteiger partial charge is 0.244 e. The summed E-state index contributed by atoms with van der Waals surface area (Å²) in [7, 11) is 0.965. The predicted molar refractivity (Wildman–Crippen MR) is 153 cm³/mol. The normalized spacial score (nSPS) is 13.9. The molecule has 39 heavy (non-hydrogen) atoms. The minimum Gasteiger partial charge on any atom is -0.497 e. The molecule has 1 N–H and O–H groups in total. The van der Waals surface area contributed by atoms with Crippen LogP contribution in [-0.4, -0.2) is 88.3 Å². The molecule has 0 atom stereocenters. The number of fused-ring (bicyclic) bond motifs is 1. The molecule has 0 bridgehead atoms. The minimum absolute atomic E-state index is 0.0641. The van der Waals surface area contributed by atoms with E-state index in [1.165, 1.54) is 31.4 Å². The fraction of sp³-hybridized carbons (Fsp3) is 0.448. The molecule has 0 saturated heterocycles. The number of nitrogens with zero attached hydrogens (tertiary/aromatic N) is 3. The van der Waals surface area contributed by atoms with Crippen LogP contribution in [0.3, 0.4) is 0 Å². The molecular weight excluding hydrogens is 516 g/mol. The van der Waals surface area contributed by atoms with Crippen LogP contribution in [0, 0.1) is 6.92 Å². The van der Waals surface area contributed by atoms with Gasteiger partial charge in [-0.05, 0) is 73.7 Å². The number of aryl methyl sites for hydroxylation is 1. The molecule has 2 aromatic carbocycles. The quantitative estimate of drug-likeness (QED) is 0.457. The highest BCUT2D eigenvalue weighted by Crippen LogP contribution is 2.29. The molecule has 1 aliphatic heterocycles. The highest BCUT2D eigenvalue weighted by Gasteiger charge is 2.28. The second kappa shape index (κ2) is 13.2. The van der Waals surface area contributed by atoms with Gasteiger partial charge >= 0.3 is 0 Å². The Morgan fingerprint density at radius 1 is 1.15 bits per heavy atom. The van der Waals surface area contributed by atoms with Crippen molar-refractivity contribution >= 4 is 27.9 Å². The highest BCUT2D eigenvalue weighted by atomic mass is 32.2. The molecule has 3 rings (SSSR count). The van der Waals surface area contributed by atoms with Gasteiger partial charge in [-0.15, -0.1) is 0 Å². The van der Waals surface area contributed by atoms with Crippen molar-refractivity contribution in [3.8, 4) is 5.75 Å². The van der Waals surface area contributed by atoms with Crippen molar-refractivity contribution in [1.82, 2.24) is 19.4 Å². The monoisotopic (exact) mass is 556 g/mol. The maximum absolute atomic E-state index is 13.3. The van der Waals surface area contributed by atoms with E-state index in [9.17, 15) is 18.0 Å². The number of benzene rings is 2. The van der Waals surface area contributed by atoms with Gasteiger partial charge in [0, 0.05) is 33.2 Å². The first-order valence-electron chi connectivity index (χ1n) is 13.1. The first-order valence-corrected chi connectivity index (χ1v) is 14.5. The molecule has 0 fully saturated rings. The summed E-state index contributed by atoms with van der Waals surface area (Å²) in [6.45, 7) is 9.62. The van der Waals surface area contributed by atoms with Gasteiger partial charge in [-0.1, -0.05) is 30.9 Å². The average molecular weight is 557 g/mol. The van der Waals surface area contributed by atoms with Gasteiger partial charge in [-0.2, -0.15) is 4.31 Å². The predicted octanol–water partition coefficient (Wildman–Crippen LogP) is 2.46. The SMILES string of the molecule is C=Cc1cc(OC)cc(C)c1S(=O)(=O)N(C)CC(=O)NCC(=O)N(CC)Cc1ccc2c(c1)CCN(C)CC2. The number of hydrogen-bond donors (Lipinski definition) is 1. The number of carbonyl (C=O) groups excluding carboxylic acids is 2. The van der Waals surface area contributed by atoms with Crippen molar-refractivity contribution in [3.63, 3.8) is 0 Å². The maximum atomic E-state index is 13.3. The summed E-state index contributed by atoms with van der Waals surface area (Å²) in [6, 6.07) is 9.61. The molecule has 1 aliphatic rings. The number of amides is 2. The molecule has 0 aliphatic carbocycles. The lowest BCUT2D eigenvalue weighted by atomic mass is 10.00. The van der Waals surface area contributed by atoms with Crippen molar-refractivity contribution in [2.24, 2.45) is 0 Å². The first kappa shape index (κ1) is 30.3. The van der Waals surface area contributed by atoms with Crippen molar-refractivity contribution in [2.45, 2.75) is 38.1 Å². The van der Waals surface area contributed by atoms with Crippen LogP contribution in [0.25, 0.3) is 6.08 Å². The molecule has 1 heterocycles. The van der Waals surface area contributed by atoms with Crippen LogP contribution in [0.15, 0.2) is 41.8 Å². The molecule has 2 amide bonds. The van der Waals surface area contributed by atoms with E-state index in [0.717, 1.165) is 35.8 Å². The third-order valence-electron chi connectivity index (χ3n) is 7.11. The van der Waals surface area contributed by atoms with E-state index in [0.29, 0.717) is 30.0 Å². The van der Waals surface area contributed by atoms with Gasteiger partial charge in [-0.3, -0.25) is 9.59 Å². The second-order valence-electron chi connectivity index (χ2n) is 9.92. The van der Waals surface area contributed by atoms with E-state index >= 15 is 0 Å². The zero-order chi connectivity index (χ0) is 28.7. The van der Waals surface area contributed by atoms with E-state index in [4.69, 9.17) is 4.74 Å². The van der Waals surface area contributed by atoms with Gasteiger partial charge in [0.05, 0.1) is 25.1 Å². The lowest BCUT2D eigenvalue weighted by Crippen LogP contribution is -2.44. The molecular formula is C29H40N4O5S. The largest absolute Gasteiger partial charge is 0.497 e. The van der Waals surface area contributed by atoms with Crippen molar-refractivity contribution < 1.29 is 22.7 Å². The Hall–Kier alpha value is -3.21. The second-order valence-corrected chi connectivity index (χ2v) is 11.9. The fourth-order valence-electron chi connectivity index (χ4n) is 4.76. The van der Waals surface area contributed by atoms with Crippen LogP contribution in [-0.2, 0) is 39.0 Å². The van der Waals surface area contributed by atoms with Crippen molar-refractivity contribution in [2.75, 3.05) is 53.9 Å². The molecule has 2 aromatic rings. The van der Waals surface area contributed by atoms with E-state index in [-0.39, 0.29) is 17.3 Å². The maximum Gasteiger partial charge on any atom is 0.244 e. The molecule has 0 radical (unpaired) electrons. The van der Waals surface area contributed by atoms with Crippen LogP contribution in [0.5, 0.6) is 5.75 Å². The van der Waals surface area contributed by atoms with Gasteiger partial charge in [0.1, 0.15) is 5.75 Å². The number of methoxy groups -OCH3 is 1. The van der Waals surface area contributed by atoms with E-state index in [2.05, 4.69) is 42.0 Å². The summed E-state index contributed by atoms with van der Waals surface area (Å²) >= 11 is 0. The topological polar surface area (TPSA) is 99.3 Å². The molecule has 9 nitrogen and oxygen atoms in total. The average Bonchev–Trinajstić information content (AvgIpc) is 3.10. The fourth-order valence-corrected chi connectivity index (χ4v) is 6.26. The van der Waals surface area contributed by atoms with E-state index in [1.54, 1.807) is 24.0 Å². The summed E-state index contributed by atoms with van der Waals surface area (Å²) in [5, 5.41) is 2.58. The number of nitrogens with one attached hydrogen (secondary N) is 1. The third-order valence-corrected chi connectivity index (χ3v) is 9.13.